The molecule has 0 spiro atoms. The molecule has 4 heteroatoms. The Hall–Kier alpha value is -2.85. The molecule has 150 valence electrons. The molecule has 4 nitrogen and oxygen atoms in total. The zero-order valence-electron chi connectivity index (χ0n) is 16.9. The highest BCUT2D eigenvalue weighted by atomic mass is 16.5. The second-order valence-corrected chi connectivity index (χ2v) is 7.75. The van der Waals surface area contributed by atoms with E-state index in [-0.39, 0.29) is 11.8 Å². The van der Waals surface area contributed by atoms with Crippen LogP contribution in [-0.4, -0.2) is 31.0 Å². The molecule has 1 N–H and O–H groups in total. The van der Waals surface area contributed by atoms with Gasteiger partial charge in [0.1, 0.15) is 5.75 Å². The van der Waals surface area contributed by atoms with Crippen LogP contribution in [0.25, 0.3) is 10.8 Å². The Morgan fingerprint density at radius 2 is 1.72 bits per heavy atom. The summed E-state index contributed by atoms with van der Waals surface area (Å²) in [5, 5.41) is 5.71. The van der Waals surface area contributed by atoms with Gasteiger partial charge in [0, 0.05) is 19.0 Å². The number of piperidine rings is 1. The van der Waals surface area contributed by atoms with Gasteiger partial charge in [-0.1, -0.05) is 54.6 Å². The number of rotatable bonds is 6. The van der Waals surface area contributed by atoms with Crippen LogP contribution in [0.15, 0.2) is 66.7 Å². The molecule has 0 atom stereocenters. The Balaban J connectivity index is 1.28. The quantitative estimate of drug-likeness (QED) is 0.681. The van der Waals surface area contributed by atoms with Gasteiger partial charge < -0.3 is 10.1 Å². The molecule has 0 aromatic heterocycles. The number of nitrogens with zero attached hydrogens (tertiary/aromatic N) is 1. The molecule has 1 aliphatic heterocycles. The smallest absolute Gasteiger partial charge is 0.223 e. The maximum absolute atomic E-state index is 12.6. The standard InChI is InChI=1S/C25H28N2O2/c1-29-23-11-9-19(10-12-23)17-26-25(28)21-13-15-27(16-14-21)18-22-7-4-6-20-5-2-3-8-24(20)22/h2-12,21H,13-18H2,1H3,(H,26,28). The van der Waals surface area contributed by atoms with Crippen molar-refractivity contribution >= 4 is 16.7 Å². The second kappa shape index (κ2) is 9.10. The van der Waals surface area contributed by atoms with Crippen LogP contribution in [0.3, 0.4) is 0 Å². The number of carbonyl (C=O) groups is 1. The summed E-state index contributed by atoms with van der Waals surface area (Å²) < 4.78 is 5.17. The van der Waals surface area contributed by atoms with Crippen LogP contribution in [-0.2, 0) is 17.9 Å². The van der Waals surface area contributed by atoms with Crippen molar-refractivity contribution in [2.24, 2.45) is 5.92 Å². The van der Waals surface area contributed by atoms with Crippen LogP contribution in [0.4, 0.5) is 0 Å². The largest absolute Gasteiger partial charge is 0.497 e. The molecule has 1 amide bonds. The van der Waals surface area contributed by atoms with E-state index in [9.17, 15) is 4.79 Å². The number of hydrogen-bond donors (Lipinski definition) is 1. The van der Waals surface area contributed by atoms with Crippen LogP contribution in [0.5, 0.6) is 5.75 Å². The fourth-order valence-electron chi connectivity index (χ4n) is 4.10. The predicted octanol–water partition coefficient (Wildman–Crippen LogP) is 4.38. The third kappa shape index (κ3) is 4.77. The maximum atomic E-state index is 12.6. The summed E-state index contributed by atoms with van der Waals surface area (Å²) in [5.74, 6) is 1.11. The predicted molar refractivity (Wildman–Crippen MR) is 117 cm³/mol. The monoisotopic (exact) mass is 388 g/mol. The Kier molecular flexibility index (Phi) is 6.11. The highest BCUT2D eigenvalue weighted by Crippen LogP contribution is 2.23. The zero-order valence-corrected chi connectivity index (χ0v) is 16.9. The van der Waals surface area contributed by atoms with E-state index < -0.39 is 0 Å². The lowest BCUT2D eigenvalue weighted by atomic mass is 9.95. The van der Waals surface area contributed by atoms with Gasteiger partial charge in [0.25, 0.3) is 0 Å². The lowest BCUT2D eigenvalue weighted by Gasteiger charge is -2.31. The van der Waals surface area contributed by atoms with E-state index in [4.69, 9.17) is 4.74 Å². The molecule has 0 unspecified atom stereocenters. The minimum atomic E-state index is 0.108. The van der Waals surface area contributed by atoms with E-state index in [0.29, 0.717) is 6.54 Å². The number of ether oxygens (including phenoxy) is 1. The molecule has 3 aromatic rings. The van der Waals surface area contributed by atoms with Gasteiger partial charge in [-0.3, -0.25) is 9.69 Å². The number of nitrogens with one attached hydrogen (secondary N) is 1. The summed E-state index contributed by atoms with van der Waals surface area (Å²) in [7, 11) is 1.66. The van der Waals surface area contributed by atoms with Gasteiger partial charge in [-0.15, -0.1) is 0 Å². The Labute approximate surface area is 172 Å². The summed E-state index contributed by atoms with van der Waals surface area (Å²) in [4.78, 5) is 15.0. The first-order valence-electron chi connectivity index (χ1n) is 10.3. The van der Waals surface area contributed by atoms with Crippen LogP contribution in [0.1, 0.15) is 24.0 Å². The molecule has 0 bridgehead atoms. The van der Waals surface area contributed by atoms with Crippen LogP contribution in [0, 0.1) is 5.92 Å². The molecule has 1 fully saturated rings. The van der Waals surface area contributed by atoms with Gasteiger partial charge >= 0.3 is 0 Å². The number of amides is 1. The Morgan fingerprint density at radius 3 is 2.48 bits per heavy atom. The van der Waals surface area contributed by atoms with E-state index in [1.165, 1.54) is 16.3 Å². The third-order valence-corrected chi connectivity index (χ3v) is 5.86. The van der Waals surface area contributed by atoms with Gasteiger partial charge in [-0.25, -0.2) is 0 Å². The van der Waals surface area contributed by atoms with Gasteiger partial charge in [-0.05, 0) is 60.0 Å². The Bertz CT molecular complexity index is 955. The summed E-state index contributed by atoms with van der Waals surface area (Å²) in [6.07, 6.45) is 1.83. The average molecular weight is 389 g/mol. The normalized spacial score (nSPS) is 15.3. The highest BCUT2D eigenvalue weighted by molar-refractivity contribution is 5.85. The summed E-state index contributed by atoms with van der Waals surface area (Å²) in [5.41, 5.74) is 2.46. The maximum Gasteiger partial charge on any atom is 0.223 e. The highest BCUT2D eigenvalue weighted by Gasteiger charge is 2.25. The van der Waals surface area contributed by atoms with Crippen molar-refractivity contribution < 1.29 is 9.53 Å². The number of hydrogen-bond acceptors (Lipinski definition) is 3. The molecule has 29 heavy (non-hydrogen) atoms. The van der Waals surface area contributed by atoms with Gasteiger partial charge in [0.05, 0.1) is 7.11 Å². The third-order valence-electron chi connectivity index (χ3n) is 5.86. The number of carbonyl (C=O) groups excluding carboxylic acids is 1. The molecule has 3 aromatic carbocycles. The molecule has 1 heterocycles. The zero-order chi connectivity index (χ0) is 20.1. The fraction of sp³-hybridized carbons (Fsp3) is 0.320. The van der Waals surface area contributed by atoms with Crippen molar-refractivity contribution in [3.05, 3.63) is 77.9 Å². The molecular formula is C25H28N2O2. The SMILES string of the molecule is COc1ccc(CNC(=O)C2CCN(Cc3cccc4ccccc34)CC2)cc1. The molecule has 4 rings (SSSR count). The van der Waals surface area contributed by atoms with Crippen molar-refractivity contribution in [1.82, 2.24) is 10.2 Å². The van der Waals surface area contributed by atoms with Crippen molar-refractivity contribution in [3.63, 3.8) is 0 Å². The lowest BCUT2D eigenvalue weighted by molar-refractivity contribution is -0.126. The van der Waals surface area contributed by atoms with Crippen LogP contribution < -0.4 is 10.1 Å². The van der Waals surface area contributed by atoms with Gasteiger partial charge in [0.2, 0.25) is 5.91 Å². The summed E-state index contributed by atoms with van der Waals surface area (Å²) >= 11 is 0. The first kappa shape index (κ1) is 19.5. The molecule has 1 saturated heterocycles. The second-order valence-electron chi connectivity index (χ2n) is 7.75. The van der Waals surface area contributed by atoms with Crippen LogP contribution >= 0.6 is 0 Å². The van der Waals surface area contributed by atoms with Gasteiger partial charge in [-0.2, -0.15) is 0 Å². The molecule has 0 radical (unpaired) electrons. The Morgan fingerprint density at radius 1 is 1.00 bits per heavy atom. The topological polar surface area (TPSA) is 41.6 Å². The van der Waals surface area contributed by atoms with E-state index in [2.05, 4.69) is 52.7 Å². The summed E-state index contributed by atoms with van der Waals surface area (Å²) in [6.45, 7) is 3.44. The molecule has 0 saturated carbocycles. The van der Waals surface area contributed by atoms with E-state index in [1.807, 2.05) is 24.3 Å². The fourth-order valence-corrected chi connectivity index (χ4v) is 4.10. The average Bonchev–Trinajstić information content (AvgIpc) is 2.78. The summed E-state index contributed by atoms with van der Waals surface area (Å²) in [6, 6.07) is 22.9. The molecular weight excluding hydrogens is 360 g/mol. The number of benzene rings is 3. The molecule has 0 aliphatic carbocycles. The van der Waals surface area contributed by atoms with Crippen molar-refractivity contribution in [2.45, 2.75) is 25.9 Å². The number of methoxy groups -OCH3 is 1. The first-order chi connectivity index (χ1) is 14.2. The first-order valence-corrected chi connectivity index (χ1v) is 10.3. The number of likely N-dealkylation sites (tertiary alicyclic amines) is 1. The van der Waals surface area contributed by atoms with E-state index in [0.717, 1.165) is 43.8 Å². The van der Waals surface area contributed by atoms with Crippen LogP contribution in [0.2, 0.25) is 0 Å². The van der Waals surface area contributed by atoms with Crippen molar-refractivity contribution in [1.29, 1.82) is 0 Å². The molecule has 1 aliphatic rings. The van der Waals surface area contributed by atoms with Gasteiger partial charge in [0.15, 0.2) is 0 Å². The van der Waals surface area contributed by atoms with Crippen molar-refractivity contribution in [2.75, 3.05) is 20.2 Å². The van der Waals surface area contributed by atoms with E-state index in [1.54, 1.807) is 7.11 Å². The number of fused-ring (bicyclic) bond motifs is 1. The lowest BCUT2D eigenvalue weighted by Crippen LogP contribution is -2.40. The van der Waals surface area contributed by atoms with Crippen molar-refractivity contribution in [3.8, 4) is 5.75 Å². The minimum absolute atomic E-state index is 0.108. The van der Waals surface area contributed by atoms with E-state index >= 15 is 0 Å². The minimum Gasteiger partial charge on any atom is -0.497 e.